The van der Waals surface area contributed by atoms with Crippen LogP contribution in [0.3, 0.4) is 0 Å². The summed E-state index contributed by atoms with van der Waals surface area (Å²) in [6, 6.07) is 7.68. The molecule has 0 heterocycles. The van der Waals surface area contributed by atoms with E-state index in [2.05, 4.69) is 19.1 Å². The van der Waals surface area contributed by atoms with Gasteiger partial charge in [-0.25, -0.2) is 0 Å². The maximum absolute atomic E-state index is 10.9. The van der Waals surface area contributed by atoms with Crippen molar-refractivity contribution in [3.63, 3.8) is 0 Å². The van der Waals surface area contributed by atoms with E-state index in [0.717, 1.165) is 42.2 Å². The van der Waals surface area contributed by atoms with Gasteiger partial charge in [-0.05, 0) is 51.2 Å². The summed E-state index contributed by atoms with van der Waals surface area (Å²) in [5, 5.41) is 9.38. The zero-order valence-electron chi connectivity index (χ0n) is 12.6. The fraction of sp³-hybridized carbons (Fsp3) is 0.389. The molecule has 0 aliphatic carbocycles. The standard InChI is InChI=1S/C18H24O2/c1-14(7-6-8-15(2)16(3)20)11-12-17-9-4-5-10-18(17)13-19/h4-5,8-11,13,16,20H,6-7,12H2,1-3H3. The predicted molar refractivity (Wildman–Crippen MR) is 84.0 cm³/mol. The van der Waals surface area contributed by atoms with Gasteiger partial charge in [-0.1, -0.05) is 42.0 Å². The summed E-state index contributed by atoms with van der Waals surface area (Å²) >= 11 is 0. The smallest absolute Gasteiger partial charge is 0.150 e. The molecule has 0 radical (unpaired) electrons. The van der Waals surface area contributed by atoms with Gasteiger partial charge in [-0.15, -0.1) is 0 Å². The molecule has 1 aromatic carbocycles. The van der Waals surface area contributed by atoms with Gasteiger partial charge in [0.2, 0.25) is 0 Å². The molecule has 20 heavy (non-hydrogen) atoms. The van der Waals surface area contributed by atoms with E-state index in [1.807, 2.05) is 31.2 Å². The highest BCUT2D eigenvalue weighted by Crippen LogP contribution is 2.12. The molecule has 1 rings (SSSR count). The SMILES string of the molecule is CC(=CCc1ccccc1C=O)CCC=C(C)C(C)O. The minimum atomic E-state index is -0.362. The fourth-order valence-corrected chi connectivity index (χ4v) is 1.92. The molecule has 1 unspecified atom stereocenters. The third-order valence-electron chi connectivity index (χ3n) is 3.52. The second-order valence-electron chi connectivity index (χ2n) is 5.23. The molecule has 0 aromatic heterocycles. The van der Waals surface area contributed by atoms with E-state index in [0.29, 0.717) is 0 Å². The van der Waals surface area contributed by atoms with Gasteiger partial charge in [0, 0.05) is 5.56 Å². The Labute approximate surface area is 121 Å². The van der Waals surface area contributed by atoms with Crippen LogP contribution in [0.4, 0.5) is 0 Å². The Morgan fingerprint density at radius 3 is 2.60 bits per heavy atom. The second kappa shape index (κ2) is 8.49. The fourth-order valence-electron chi connectivity index (χ4n) is 1.92. The topological polar surface area (TPSA) is 37.3 Å². The van der Waals surface area contributed by atoms with E-state index >= 15 is 0 Å². The summed E-state index contributed by atoms with van der Waals surface area (Å²) in [5.74, 6) is 0. The van der Waals surface area contributed by atoms with Crippen LogP contribution in [-0.2, 0) is 6.42 Å². The van der Waals surface area contributed by atoms with Gasteiger partial charge in [-0.2, -0.15) is 0 Å². The first-order valence-electron chi connectivity index (χ1n) is 7.08. The van der Waals surface area contributed by atoms with Crippen molar-refractivity contribution in [2.45, 2.75) is 46.1 Å². The molecule has 0 saturated heterocycles. The minimum Gasteiger partial charge on any atom is -0.389 e. The highest BCUT2D eigenvalue weighted by Gasteiger charge is 1.99. The number of benzene rings is 1. The molecule has 1 atom stereocenters. The van der Waals surface area contributed by atoms with Gasteiger partial charge >= 0.3 is 0 Å². The van der Waals surface area contributed by atoms with Crippen molar-refractivity contribution in [2.75, 3.05) is 0 Å². The Kier molecular flexibility index (Phi) is 6.96. The highest BCUT2D eigenvalue weighted by molar-refractivity contribution is 5.77. The predicted octanol–water partition coefficient (Wildman–Crippen LogP) is 4.10. The van der Waals surface area contributed by atoms with Crippen molar-refractivity contribution in [1.29, 1.82) is 0 Å². The Morgan fingerprint density at radius 2 is 1.95 bits per heavy atom. The number of aliphatic hydroxyl groups excluding tert-OH is 1. The minimum absolute atomic E-state index is 0.362. The number of aldehydes is 1. The lowest BCUT2D eigenvalue weighted by atomic mass is 10.0. The third kappa shape index (κ3) is 5.54. The Bertz CT molecular complexity index is 496. The normalized spacial score (nSPS) is 14.2. The largest absolute Gasteiger partial charge is 0.389 e. The maximum atomic E-state index is 10.9. The van der Waals surface area contributed by atoms with E-state index in [1.54, 1.807) is 6.92 Å². The molecule has 0 saturated carbocycles. The lowest BCUT2D eigenvalue weighted by Crippen LogP contribution is -2.00. The van der Waals surface area contributed by atoms with Crippen molar-refractivity contribution < 1.29 is 9.90 Å². The number of hydrogen-bond donors (Lipinski definition) is 1. The molecule has 0 spiro atoms. The molecular weight excluding hydrogens is 248 g/mol. The van der Waals surface area contributed by atoms with Crippen LogP contribution in [0.15, 0.2) is 47.6 Å². The van der Waals surface area contributed by atoms with Crippen LogP contribution in [0.5, 0.6) is 0 Å². The number of carbonyl (C=O) groups excluding carboxylic acids is 1. The lowest BCUT2D eigenvalue weighted by Gasteiger charge is -2.05. The van der Waals surface area contributed by atoms with Crippen molar-refractivity contribution in [2.24, 2.45) is 0 Å². The van der Waals surface area contributed by atoms with Crippen LogP contribution in [0.2, 0.25) is 0 Å². The van der Waals surface area contributed by atoms with Crippen LogP contribution in [0, 0.1) is 0 Å². The van der Waals surface area contributed by atoms with Gasteiger partial charge in [-0.3, -0.25) is 4.79 Å². The van der Waals surface area contributed by atoms with E-state index in [9.17, 15) is 9.90 Å². The molecule has 0 aliphatic rings. The van der Waals surface area contributed by atoms with Gasteiger partial charge in [0.1, 0.15) is 6.29 Å². The van der Waals surface area contributed by atoms with Gasteiger partial charge in [0.15, 0.2) is 0 Å². The first kappa shape index (κ1) is 16.4. The van der Waals surface area contributed by atoms with E-state index < -0.39 is 0 Å². The van der Waals surface area contributed by atoms with E-state index in [1.165, 1.54) is 5.57 Å². The number of rotatable bonds is 7. The summed E-state index contributed by atoms with van der Waals surface area (Å²) in [4.78, 5) is 10.9. The molecule has 2 heteroatoms. The van der Waals surface area contributed by atoms with E-state index in [4.69, 9.17) is 0 Å². The first-order chi connectivity index (χ1) is 9.54. The summed E-state index contributed by atoms with van der Waals surface area (Å²) in [6.07, 6.45) is 7.52. The van der Waals surface area contributed by atoms with Crippen LogP contribution in [0.1, 0.15) is 49.5 Å². The summed E-state index contributed by atoms with van der Waals surface area (Å²) in [6.45, 7) is 5.84. The van der Waals surface area contributed by atoms with Crippen LogP contribution in [-0.4, -0.2) is 17.5 Å². The lowest BCUT2D eigenvalue weighted by molar-refractivity contribution is 0.112. The average molecular weight is 272 g/mol. The van der Waals surface area contributed by atoms with Gasteiger partial charge in [0.25, 0.3) is 0 Å². The van der Waals surface area contributed by atoms with Crippen LogP contribution in [0.25, 0.3) is 0 Å². The highest BCUT2D eigenvalue weighted by atomic mass is 16.3. The van der Waals surface area contributed by atoms with Crippen molar-refractivity contribution in [1.82, 2.24) is 0 Å². The third-order valence-corrected chi connectivity index (χ3v) is 3.52. The second-order valence-corrected chi connectivity index (χ2v) is 5.23. The summed E-state index contributed by atoms with van der Waals surface area (Å²) in [7, 11) is 0. The monoisotopic (exact) mass is 272 g/mol. The number of allylic oxidation sites excluding steroid dienone is 3. The van der Waals surface area contributed by atoms with Gasteiger partial charge < -0.3 is 5.11 Å². The number of carbonyl (C=O) groups is 1. The zero-order chi connectivity index (χ0) is 15.0. The molecular formula is C18H24O2. The first-order valence-corrected chi connectivity index (χ1v) is 7.08. The Hall–Kier alpha value is -1.67. The van der Waals surface area contributed by atoms with Crippen molar-refractivity contribution in [3.05, 3.63) is 58.7 Å². The molecule has 0 bridgehead atoms. The van der Waals surface area contributed by atoms with Gasteiger partial charge in [0.05, 0.1) is 6.10 Å². The average Bonchev–Trinajstić information content (AvgIpc) is 2.45. The Morgan fingerprint density at radius 1 is 1.25 bits per heavy atom. The summed E-state index contributed by atoms with van der Waals surface area (Å²) in [5.41, 5.74) is 4.16. The molecule has 2 nitrogen and oxygen atoms in total. The molecule has 0 fully saturated rings. The Balaban J connectivity index is 2.54. The quantitative estimate of drug-likeness (QED) is 0.599. The van der Waals surface area contributed by atoms with Crippen LogP contribution < -0.4 is 0 Å². The van der Waals surface area contributed by atoms with Crippen LogP contribution >= 0.6 is 0 Å². The summed E-state index contributed by atoms with van der Waals surface area (Å²) < 4.78 is 0. The zero-order valence-corrected chi connectivity index (χ0v) is 12.6. The number of hydrogen-bond acceptors (Lipinski definition) is 2. The number of aliphatic hydroxyl groups is 1. The molecule has 108 valence electrons. The molecule has 1 N–H and O–H groups in total. The molecule has 1 aromatic rings. The van der Waals surface area contributed by atoms with Crippen molar-refractivity contribution >= 4 is 6.29 Å². The van der Waals surface area contributed by atoms with E-state index in [-0.39, 0.29) is 6.10 Å². The maximum Gasteiger partial charge on any atom is 0.150 e. The van der Waals surface area contributed by atoms with Crippen molar-refractivity contribution in [3.8, 4) is 0 Å². The molecule has 0 amide bonds. The molecule has 0 aliphatic heterocycles.